The van der Waals surface area contributed by atoms with Crippen LogP contribution in [0.2, 0.25) is 0 Å². The van der Waals surface area contributed by atoms with Crippen molar-refractivity contribution < 1.29 is 17.5 Å². The van der Waals surface area contributed by atoms with E-state index in [9.17, 15) is 13.2 Å². The number of azo groups is 1. The molecule has 0 aliphatic heterocycles. The lowest BCUT2D eigenvalue weighted by atomic mass is 10.3. The maximum absolute atomic E-state index is 11.2. The van der Waals surface area contributed by atoms with Crippen molar-refractivity contribution in [1.82, 2.24) is 5.16 Å². The molecule has 9 heteroatoms. The molecule has 1 aromatic heterocycles. The molecule has 2 rings (SSSR count). The first kappa shape index (κ1) is 13.2. The molecule has 0 unspecified atom stereocenters. The molecule has 0 bridgehead atoms. The summed E-state index contributed by atoms with van der Waals surface area (Å²) in [5.41, 5.74) is -0.0979. The average Bonchev–Trinajstić information content (AvgIpc) is 2.66. The quantitative estimate of drug-likeness (QED) is 0.657. The largest absolute Gasteiger partial charge is 0.384 e. The van der Waals surface area contributed by atoms with Crippen LogP contribution in [0.25, 0.3) is 0 Å². The van der Waals surface area contributed by atoms with Crippen LogP contribution in [0.3, 0.4) is 0 Å². The van der Waals surface area contributed by atoms with Crippen LogP contribution in [0.1, 0.15) is 5.69 Å². The molecule has 0 atom stereocenters. The lowest BCUT2D eigenvalue weighted by Crippen LogP contribution is -1.96. The number of hydrogen-bond acceptors (Lipinski definition) is 6. The Labute approximate surface area is 107 Å². The van der Waals surface area contributed by atoms with E-state index in [-0.39, 0.29) is 16.3 Å². The van der Waals surface area contributed by atoms with E-state index in [1.165, 1.54) is 18.2 Å². The molecular weight excluding hydrogens is 274 g/mol. The fourth-order valence-electron chi connectivity index (χ4n) is 1.30. The molecule has 0 aliphatic carbocycles. The third kappa shape index (κ3) is 2.95. The predicted octanol–water partition coefficient (Wildman–Crippen LogP) is 1.94. The number of H-pyrrole nitrogens is 1. The maximum Gasteiger partial charge on any atom is 0.384 e. The van der Waals surface area contributed by atoms with Crippen molar-refractivity contribution in [2.24, 2.45) is 10.2 Å². The molecule has 19 heavy (non-hydrogen) atoms. The molecule has 2 N–H and O–H groups in total. The van der Waals surface area contributed by atoms with E-state index in [2.05, 4.69) is 19.9 Å². The van der Waals surface area contributed by atoms with Gasteiger partial charge in [0.1, 0.15) is 0 Å². The summed E-state index contributed by atoms with van der Waals surface area (Å²) in [6, 6.07) is 5.21. The molecule has 2 aromatic rings. The summed E-state index contributed by atoms with van der Waals surface area (Å²) in [5.74, 6) is 0. The Morgan fingerprint density at radius 3 is 2.63 bits per heavy atom. The predicted molar refractivity (Wildman–Crippen MR) is 64.5 cm³/mol. The highest BCUT2D eigenvalue weighted by molar-refractivity contribution is 7.85. The number of nitrogens with one attached hydrogen (secondary N) is 1. The van der Waals surface area contributed by atoms with Gasteiger partial charge in [-0.25, -0.2) is 9.95 Å². The van der Waals surface area contributed by atoms with Gasteiger partial charge in [-0.1, -0.05) is 6.07 Å². The Balaban J connectivity index is 2.37. The molecule has 0 saturated carbocycles. The summed E-state index contributed by atoms with van der Waals surface area (Å²) in [4.78, 5) is 10.9. The van der Waals surface area contributed by atoms with Crippen molar-refractivity contribution >= 4 is 21.5 Å². The van der Waals surface area contributed by atoms with Crippen LogP contribution in [0.5, 0.6) is 0 Å². The zero-order valence-electron chi connectivity index (χ0n) is 9.69. The number of aryl methyl sites for hydroxylation is 1. The summed E-state index contributed by atoms with van der Waals surface area (Å²) in [5, 5.41) is 9.72. The summed E-state index contributed by atoms with van der Waals surface area (Å²) < 4.78 is 35.3. The molecule has 0 spiro atoms. The Kier molecular flexibility index (Phi) is 3.32. The topological polar surface area (TPSA) is 125 Å². The number of aromatic amines is 1. The molecule has 0 saturated heterocycles. The lowest BCUT2D eigenvalue weighted by Gasteiger charge is -1.97. The molecular formula is C10H9N3O5S. The van der Waals surface area contributed by atoms with Gasteiger partial charge in [-0.15, -0.1) is 5.11 Å². The van der Waals surface area contributed by atoms with Gasteiger partial charge >= 0.3 is 5.63 Å². The molecule has 0 fully saturated rings. The molecule has 0 radical (unpaired) electrons. The highest BCUT2D eigenvalue weighted by atomic mass is 32.2. The van der Waals surface area contributed by atoms with Gasteiger partial charge in [-0.05, 0) is 25.1 Å². The molecule has 100 valence electrons. The Morgan fingerprint density at radius 2 is 2.05 bits per heavy atom. The first-order valence-electron chi connectivity index (χ1n) is 5.05. The van der Waals surface area contributed by atoms with Crippen molar-refractivity contribution in [3.63, 3.8) is 0 Å². The fraction of sp³-hybridized carbons (Fsp3) is 0.100. The summed E-state index contributed by atoms with van der Waals surface area (Å²) in [6.07, 6.45) is 0. The van der Waals surface area contributed by atoms with Gasteiger partial charge in [0, 0.05) is 0 Å². The number of nitrogens with zero attached hydrogens (tertiary/aromatic N) is 2. The second-order valence-corrected chi connectivity index (χ2v) is 5.06. The fourth-order valence-corrected chi connectivity index (χ4v) is 1.82. The summed E-state index contributed by atoms with van der Waals surface area (Å²) >= 11 is 0. The van der Waals surface area contributed by atoms with Gasteiger partial charge < -0.3 is 4.52 Å². The maximum atomic E-state index is 11.2. The van der Waals surface area contributed by atoms with Crippen molar-refractivity contribution in [3.8, 4) is 0 Å². The van der Waals surface area contributed by atoms with Crippen LogP contribution in [-0.2, 0) is 10.1 Å². The lowest BCUT2D eigenvalue weighted by molar-refractivity contribution is 0.388. The number of aromatic nitrogens is 1. The van der Waals surface area contributed by atoms with Crippen LogP contribution in [0.15, 0.2) is 48.7 Å². The van der Waals surface area contributed by atoms with Crippen molar-refractivity contribution in [1.29, 1.82) is 0 Å². The van der Waals surface area contributed by atoms with Gasteiger partial charge in [-0.3, -0.25) is 4.55 Å². The zero-order valence-corrected chi connectivity index (χ0v) is 10.5. The molecule has 0 aliphatic rings. The minimum absolute atomic E-state index is 0.00254. The number of hydrogen-bond donors (Lipinski definition) is 2. The van der Waals surface area contributed by atoms with Crippen LogP contribution in [-0.4, -0.2) is 18.1 Å². The first-order chi connectivity index (χ1) is 8.88. The molecule has 1 aromatic carbocycles. The minimum Gasteiger partial charge on any atom is -0.336 e. The SMILES string of the molecule is Cc1[nH]oc(=O)c1N=Nc1cccc(S(=O)(=O)O)c1. The van der Waals surface area contributed by atoms with Gasteiger partial charge in [0.25, 0.3) is 10.1 Å². The van der Waals surface area contributed by atoms with Crippen LogP contribution in [0, 0.1) is 6.92 Å². The van der Waals surface area contributed by atoms with Crippen LogP contribution in [0.4, 0.5) is 11.4 Å². The van der Waals surface area contributed by atoms with Crippen LogP contribution < -0.4 is 5.63 Å². The van der Waals surface area contributed by atoms with Crippen LogP contribution >= 0.6 is 0 Å². The number of rotatable bonds is 3. The van der Waals surface area contributed by atoms with Gasteiger partial charge in [-0.2, -0.15) is 13.5 Å². The molecule has 0 amide bonds. The van der Waals surface area contributed by atoms with Crippen molar-refractivity contribution in [2.45, 2.75) is 11.8 Å². The van der Waals surface area contributed by atoms with E-state index < -0.39 is 15.7 Å². The van der Waals surface area contributed by atoms with E-state index in [1.54, 1.807) is 6.92 Å². The second kappa shape index (κ2) is 4.78. The Hall–Kier alpha value is -2.26. The first-order valence-corrected chi connectivity index (χ1v) is 6.49. The van der Waals surface area contributed by atoms with Gasteiger partial charge in [0.15, 0.2) is 5.69 Å². The third-order valence-electron chi connectivity index (χ3n) is 2.23. The molecule has 1 heterocycles. The Morgan fingerprint density at radius 1 is 1.32 bits per heavy atom. The van der Waals surface area contributed by atoms with E-state index >= 15 is 0 Å². The summed E-state index contributed by atoms with van der Waals surface area (Å²) in [6.45, 7) is 1.58. The molecule has 8 nitrogen and oxygen atoms in total. The van der Waals surface area contributed by atoms with E-state index in [0.717, 1.165) is 6.07 Å². The van der Waals surface area contributed by atoms with Crippen molar-refractivity contribution in [2.75, 3.05) is 0 Å². The van der Waals surface area contributed by atoms with E-state index in [4.69, 9.17) is 4.55 Å². The Bertz CT molecular complexity index is 787. The zero-order chi connectivity index (χ0) is 14.0. The highest BCUT2D eigenvalue weighted by Crippen LogP contribution is 2.20. The van der Waals surface area contributed by atoms with E-state index in [1.807, 2.05) is 0 Å². The third-order valence-corrected chi connectivity index (χ3v) is 3.08. The van der Waals surface area contributed by atoms with Gasteiger partial charge in [0.2, 0.25) is 0 Å². The normalized spacial score (nSPS) is 12.1. The monoisotopic (exact) mass is 283 g/mol. The van der Waals surface area contributed by atoms with Gasteiger partial charge in [0.05, 0.1) is 16.3 Å². The average molecular weight is 283 g/mol. The smallest absolute Gasteiger partial charge is 0.336 e. The summed E-state index contributed by atoms with van der Waals surface area (Å²) in [7, 11) is -4.30. The number of benzene rings is 1. The highest BCUT2D eigenvalue weighted by Gasteiger charge is 2.10. The minimum atomic E-state index is -4.30. The second-order valence-electron chi connectivity index (χ2n) is 3.64. The van der Waals surface area contributed by atoms with E-state index in [0.29, 0.717) is 5.69 Å². The standard InChI is InChI=1S/C10H9N3O5S/c1-6-9(10(14)18-13-6)12-11-7-3-2-4-8(5-7)19(15,16)17/h2-5,13H,1H3,(H,15,16,17). The van der Waals surface area contributed by atoms with Crippen molar-refractivity contribution in [3.05, 3.63) is 40.4 Å².